The van der Waals surface area contributed by atoms with Crippen molar-refractivity contribution >= 4 is 0 Å². The molecule has 0 unspecified atom stereocenters. The second kappa shape index (κ2) is 8.30. The van der Waals surface area contributed by atoms with E-state index in [1.54, 1.807) is 14.2 Å². The van der Waals surface area contributed by atoms with Crippen molar-refractivity contribution in [2.45, 2.75) is 25.0 Å². The fourth-order valence-electron chi connectivity index (χ4n) is 3.79. The minimum atomic E-state index is 0.0423. The maximum atomic E-state index is 6.25. The molecular weight excluding hydrogens is 304 g/mol. The van der Waals surface area contributed by atoms with Crippen LogP contribution in [0.1, 0.15) is 18.4 Å². The Morgan fingerprint density at radius 3 is 2.71 bits per heavy atom. The van der Waals surface area contributed by atoms with E-state index in [0.717, 1.165) is 71.1 Å². The molecule has 0 saturated carbocycles. The van der Waals surface area contributed by atoms with Crippen LogP contribution in [0, 0.1) is 0 Å². The van der Waals surface area contributed by atoms with E-state index < -0.39 is 0 Å². The van der Waals surface area contributed by atoms with Crippen molar-refractivity contribution in [3.63, 3.8) is 0 Å². The van der Waals surface area contributed by atoms with Crippen LogP contribution in [-0.2, 0) is 16.0 Å². The normalized spacial score (nSPS) is 21.9. The fourth-order valence-corrected chi connectivity index (χ4v) is 3.79. The molecule has 0 radical (unpaired) electrons. The zero-order chi connectivity index (χ0) is 16.8. The molecule has 2 aliphatic heterocycles. The van der Waals surface area contributed by atoms with Gasteiger partial charge in [0.05, 0.1) is 25.9 Å². The molecule has 0 N–H and O–H groups in total. The Morgan fingerprint density at radius 1 is 1.12 bits per heavy atom. The predicted molar refractivity (Wildman–Crippen MR) is 94.5 cm³/mol. The van der Waals surface area contributed by atoms with E-state index >= 15 is 0 Å². The summed E-state index contributed by atoms with van der Waals surface area (Å²) in [5.74, 6) is 0.932. The largest absolute Gasteiger partial charge is 0.497 e. The molecule has 2 aliphatic rings. The molecular formula is C19H30N2O3. The van der Waals surface area contributed by atoms with E-state index in [9.17, 15) is 0 Å². The lowest BCUT2D eigenvalue weighted by atomic mass is 9.89. The zero-order valence-corrected chi connectivity index (χ0v) is 15.0. The van der Waals surface area contributed by atoms with Crippen molar-refractivity contribution in [3.05, 3.63) is 29.8 Å². The van der Waals surface area contributed by atoms with Crippen LogP contribution in [0.5, 0.6) is 5.75 Å². The first-order chi connectivity index (χ1) is 11.7. The average molecular weight is 334 g/mol. The molecule has 0 bridgehead atoms. The summed E-state index contributed by atoms with van der Waals surface area (Å²) in [5, 5.41) is 0. The number of morpholine rings is 1. The number of piperidine rings is 1. The van der Waals surface area contributed by atoms with Gasteiger partial charge < -0.3 is 19.1 Å². The SMILES string of the molecule is COCCN1CCC2(CC1)CN(Cc1cccc(OC)c1)CCO2. The van der Waals surface area contributed by atoms with Gasteiger partial charge in [0.25, 0.3) is 0 Å². The predicted octanol–water partition coefficient (Wildman–Crippen LogP) is 2.01. The molecule has 0 aliphatic carbocycles. The van der Waals surface area contributed by atoms with Crippen LogP contribution in [0.25, 0.3) is 0 Å². The van der Waals surface area contributed by atoms with Crippen molar-refractivity contribution in [2.75, 3.05) is 60.2 Å². The summed E-state index contributed by atoms with van der Waals surface area (Å²) < 4.78 is 16.8. The number of hydrogen-bond acceptors (Lipinski definition) is 5. The Morgan fingerprint density at radius 2 is 1.96 bits per heavy atom. The standard InChI is InChI=1S/C19H30N2O3/c1-22-12-10-20-8-6-19(7-9-20)16-21(11-13-24-19)15-17-4-3-5-18(14-17)23-2/h3-5,14H,6-13,15-16H2,1-2H3. The molecule has 3 rings (SSSR count). The van der Waals surface area contributed by atoms with E-state index in [-0.39, 0.29) is 5.60 Å². The molecule has 1 spiro atoms. The van der Waals surface area contributed by atoms with Crippen LogP contribution in [-0.4, -0.2) is 75.6 Å². The summed E-state index contributed by atoms with van der Waals surface area (Å²) >= 11 is 0. The molecule has 2 heterocycles. The number of benzene rings is 1. The lowest BCUT2D eigenvalue weighted by Gasteiger charge is -2.47. The Kier molecular flexibility index (Phi) is 6.11. The van der Waals surface area contributed by atoms with Crippen molar-refractivity contribution < 1.29 is 14.2 Å². The van der Waals surface area contributed by atoms with Crippen LogP contribution in [0.3, 0.4) is 0 Å². The fraction of sp³-hybridized carbons (Fsp3) is 0.684. The molecule has 24 heavy (non-hydrogen) atoms. The third-order valence-electron chi connectivity index (χ3n) is 5.25. The van der Waals surface area contributed by atoms with Crippen molar-refractivity contribution in [2.24, 2.45) is 0 Å². The summed E-state index contributed by atoms with van der Waals surface area (Å²) in [4.78, 5) is 5.02. The average Bonchev–Trinajstić information content (AvgIpc) is 2.62. The maximum Gasteiger partial charge on any atom is 0.119 e. The third-order valence-corrected chi connectivity index (χ3v) is 5.25. The van der Waals surface area contributed by atoms with Crippen LogP contribution in [0.4, 0.5) is 0 Å². The molecule has 1 aromatic carbocycles. The maximum absolute atomic E-state index is 6.25. The number of nitrogens with zero attached hydrogens (tertiary/aromatic N) is 2. The lowest BCUT2D eigenvalue weighted by Crippen LogP contribution is -2.56. The topological polar surface area (TPSA) is 34.2 Å². The quantitative estimate of drug-likeness (QED) is 0.795. The van der Waals surface area contributed by atoms with Crippen molar-refractivity contribution in [1.29, 1.82) is 0 Å². The van der Waals surface area contributed by atoms with Gasteiger partial charge in [-0.1, -0.05) is 12.1 Å². The second-order valence-electron chi connectivity index (χ2n) is 6.93. The highest BCUT2D eigenvalue weighted by molar-refractivity contribution is 5.28. The van der Waals surface area contributed by atoms with Gasteiger partial charge in [-0.3, -0.25) is 4.90 Å². The van der Waals surface area contributed by atoms with Gasteiger partial charge in [0, 0.05) is 46.4 Å². The number of methoxy groups -OCH3 is 2. The van der Waals surface area contributed by atoms with Gasteiger partial charge >= 0.3 is 0 Å². The molecule has 0 amide bonds. The van der Waals surface area contributed by atoms with Crippen molar-refractivity contribution in [1.82, 2.24) is 9.80 Å². The van der Waals surface area contributed by atoms with Gasteiger partial charge in [0.1, 0.15) is 5.75 Å². The number of hydrogen-bond donors (Lipinski definition) is 0. The summed E-state index contributed by atoms with van der Waals surface area (Å²) in [7, 11) is 3.49. The summed E-state index contributed by atoms with van der Waals surface area (Å²) in [6, 6.07) is 8.38. The van der Waals surface area contributed by atoms with Gasteiger partial charge in [-0.25, -0.2) is 0 Å². The van der Waals surface area contributed by atoms with Gasteiger partial charge in [0.2, 0.25) is 0 Å². The van der Waals surface area contributed by atoms with Crippen LogP contribution in [0.2, 0.25) is 0 Å². The highest BCUT2D eigenvalue weighted by Crippen LogP contribution is 2.30. The highest BCUT2D eigenvalue weighted by Gasteiger charge is 2.39. The van der Waals surface area contributed by atoms with E-state index in [4.69, 9.17) is 14.2 Å². The molecule has 0 atom stereocenters. The van der Waals surface area contributed by atoms with E-state index in [2.05, 4.69) is 28.0 Å². The zero-order valence-electron chi connectivity index (χ0n) is 15.0. The Hall–Kier alpha value is -1.14. The molecule has 2 saturated heterocycles. The monoisotopic (exact) mass is 334 g/mol. The van der Waals surface area contributed by atoms with E-state index in [1.165, 1.54) is 5.56 Å². The van der Waals surface area contributed by atoms with E-state index in [0.29, 0.717) is 0 Å². The Bertz CT molecular complexity index is 515. The van der Waals surface area contributed by atoms with Gasteiger partial charge in [-0.2, -0.15) is 0 Å². The van der Waals surface area contributed by atoms with Gasteiger partial charge in [-0.05, 0) is 30.5 Å². The molecule has 2 fully saturated rings. The van der Waals surface area contributed by atoms with Crippen LogP contribution < -0.4 is 4.74 Å². The Labute approximate surface area is 145 Å². The van der Waals surface area contributed by atoms with E-state index in [1.807, 2.05) is 6.07 Å². The summed E-state index contributed by atoms with van der Waals surface area (Å²) in [6.45, 7) is 7.90. The third kappa shape index (κ3) is 4.48. The lowest BCUT2D eigenvalue weighted by molar-refractivity contribution is -0.138. The number of rotatable bonds is 6. The first-order valence-corrected chi connectivity index (χ1v) is 8.94. The number of likely N-dealkylation sites (tertiary alicyclic amines) is 1. The minimum Gasteiger partial charge on any atom is -0.497 e. The van der Waals surface area contributed by atoms with Crippen molar-refractivity contribution in [3.8, 4) is 5.75 Å². The first kappa shape index (κ1) is 17.7. The van der Waals surface area contributed by atoms with Crippen LogP contribution >= 0.6 is 0 Å². The minimum absolute atomic E-state index is 0.0423. The smallest absolute Gasteiger partial charge is 0.119 e. The van der Waals surface area contributed by atoms with Gasteiger partial charge in [0.15, 0.2) is 0 Å². The second-order valence-corrected chi connectivity index (χ2v) is 6.93. The highest BCUT2D eigenvalue weighted by atomic mass is 16.5. The Balaban J connectivity index is 1.54. The molecule has 5 heteroatoms. The number of ether oxygens (including phenoxy) is 3. The van der Waals surface area contributed by atoms with Crippen LogP contribution in [0.15, 0.2) is 24.3 Å². The summed E-state index contributed by atoms with van der Waals surface area (Å²) in [5.41, 5.74) is 1.35. The summed E-state index contributed by atoms with van der Waals surface area (Å²) in [6.07, 6.45) is 2.23. The first-order valence-electron chi connectivity index (χ1n) is 8.94. The van der Waals surface area contributed by atoms with Gasteiger partial charge in [-0.15, -0.1) is 0 Å². The molecule has 134 valence electrons. The molecule has 0 aromatic heterocycles. The molecule has 5 nitrogen and oxygen atoms in total. The molecule has 1 aromatic rings.